The smallest absolute Gasteiger partial charge is 0.242 e. The van der Waals surface area contributed by atoms with Gasteiger partial charge in [-0.25, -0.2) is 0 Å². The van der Waals surface area contributed by atoms with Gasteiger partial charge in [-0.15, -0.1) is 0 Å². The first-order valence-electron chi connectivity index (χ1n) is 5.97. The summed E-state index contributed by atoms with van der Waals surface area (Å²) in [5.41, 5.74) is 3.05. The second-order valence-electron chi connectivity index (χ2n) is 4.02. The summed E-state index contributed by atoms with van der Waals surface area (Å²) in [6.07, 6.45) is 0. The van der Waals surface area contributed by atoms with Crippen molar-refractivity contribution < 1.29 is 4.79 Å². The van der Waals surface area contributed by atoms with Gasteiger partial charge in [0.05, 0.1) is 11.8 Å². The minimum absolute atomic E-state index is 0.0301. The summed E-state index contributed by atoms with van der Waals surface area (Å²) in [7, 11) is 0. The molecule has 6 nitrogen and oxygen atoms in total. The van der Waals surface area contributed by atoms with Gasteiger partial charge >= 0.3 is 0 Å². The first kappa shape index (κ1) is 14.2. The Kier molecular flexibility index (Phi) is 5.33. The topological polar surface area (TPSA) is 82.7 Å². The molecule has 0 bridgehead atoms. The van der Waals surface area contributed by atoms with Gasteiger partial charge in [0.25, 0.3) is 0 Å². The molecule has 0 aliphatic rings. The number of nitrogens with one attached hydrogen (secondary N) is 2. The zero-order valence-corrected chi connectivity index (χ0v) is 11.1. The summed E-state index contributed by atoms with van der Waals surface area (Å²) in [5, 5.41) is 18.5. The molecule has 0 radical (unpaired) electrons. The van der Waals surface area contributed by atoms with Crippen LogP contribution in [-0.2, 0) is 17.9 Å². The molecule has 0 atom stereocenters. The SMILES string of the molecule is CCNCc1c(C)nn(CC(=O)NCC#N)c1C. The molecular weight excluding hydrogens is 230 g/mol. The first-order chi connectivity index (χ1) is 8.60. The highest BCUT2D eigenvalue weighted by molar-refractivity contribution is 5.75. The Bertz CT molecular complexity index is 458. The molecule has 0 aliphatic carbocycles. The fourth-order valence-corrected chi connectivity index (χ4v) is 1.72. The molecule has 18 heavy (non-hydrogen) atoms. The number of aryl methyl sites for hydroxylation is 1. The van der Waals surface area contributed by atoms with Gasteiger partial charge in [-0.1, -0.05) is 6.92 Å². The highest BCUT2D eigenvalue weighted by atomic mass is 16.2. The van der Waals surface area contributed by atoms with Crippen molar-refractivity contribution in [2.45, 2.75) is 33.9 Å². The van der Waals surface area contributed by atoms with Gasteiger partial charge in [0.15, 0.2) is 0 Å². The Morgan fingerprint density at radius 3 is 2.83 bits per heavy atom. The van der Waals surface area contributed by atoms with Gasteiger partial charge in [-0.3, -0.25) is 9.48 Å². The maximum absolute atomic E-state index is 11.5. The van der Waals surface area contributed by atoms with Crippen LogP contribution in [0.1, 0.15) is 23.9 Å². The number of carbonyl (C=O) groups excluding carboxylic acids is 1. The molecule has 98 valence electrons. The first-order valence-corrected chi connectivity index (χ1v) is 5.97. The zero-order chi connectivity index (χ0) is 13.5. The molecule has 1 amide bonds. The second kappa shape index (κ2) is 6.77. The lowest BCUT2D eigenvalue weighted by atomic mass is 10.2. The van der Waals surface area contributed by atoms with E-state index in [9.17, 15) is 4.79 Å². The second-order valence-corrected chi connectivity index (χ2v) is 4.02. The van der Waals surface area contributed by atoms with E-state index in [1.165, 1.54) is 0 Å². The number of carbonyl (C=O) groups is 1. The summed E-state index contributed by atoms with van der Waals surface area (Å²) in [6, 6.07) is 1.87. The summed E-state index contributed by atoms with van der Waals surface area (Å²) in [6.45, 7) is 7.77. The molecule has 0 aromatic carbocycles. The van der Waals surface area contributed by atoms with E-state index >= 15 is 0 Å². The maximum atomic E-state index is 11.5. The maximum Gasteiger partial charge on any atom is 0.242 e. The monoisotopic (exact) mass is 249 g/mol. The van der Waals surface area contributed by atoms with E-state index in [4.69, 9.17) is 5.26 Å². The third kappa shape index (κ3) is 3.57. The van der Waals surface area contributed by atoms with Gasteiger partial charge in [0.2, 0.25) is 5.91 Å². The van der Waals surface area contributed by atoms with E-state index < -0.39 is 0 Å². The van der Waals surface area contributed by atoms with E-state index in [1.54, 1.807) is 4.68 Å². The molecule has 0 spiro atoms. The molecule has 0 fully saturated rings. The van der Waals surface area contributed by atoms with Crippen LogP contribution in [0.4, 0.5) is 0 Å². The molecule has 1 heterocycles. The number of nitrogens with zero attached hydrogens (tertiary/aromatic N) is 3. The van der Waals surface area contributed by atoms with Crippen molar-refractivity contribution in [2.24, 2.45) is 0 Å². The molecule has 0 aliphatic heterocycles. The van der Waals surface area contributed by atoms with Gasteiger partial charge < -0.3 is 10.6 Å². The highest BCUT2D eigenvalue weighted by Crippen LogP contribution is 2.12. The Hall–Kier alpha value is -1.87. The quantitative estimate of drug-likeness (QED) is 0.708. The Labute approximate surface area is 107 Å². The van der Waals surface area contributed by atoms with E-state index in [1.807, 2.05) is 26.8 Å². The standard InChI is InChI=1S/C12H19N5O/c1-4-14-7-11-9(2)16-17(10(11)3)8-12(18)15-6-5-13/h14H,4,6-8H2,1-3H3,(H,15,18). The highest BCUT2D eigenvalue weighted by Gasteiger charge is 2.12. The van der Waals surface area contributed by atoms with Gasteiger partial charge in [-0.2, -0.15) is 10.4 Å². The molecule has 1 rings (SSSR count). The molecule has 0 saturated carbocycles. The molecule has 6 heteroatoms. The number of nitriles is 1. The summed E-state index contributed by atoms with van der Waals surface area (Å²) < 4.78 is 1.68. The normalized spacial score (nSPS) is 10.1. The van der Waals surface area contributed by atoms with Crippen LogP contribution < -0.4 is 10.6 Å². The lowest BCUT2D eigenvalue weighted by Crippen LogP contribution is -2.28. The number of aromatic nitrogens is 2. The van der Waals surface area contributed by atoms with E-state index in [-0.39, 0.29) is 19.0 Å². The largest absolute Gasteiger partial charge is 0.341 e. The van der Waals surface area contributed by atoms with Crippen molar-refractivity contribution in [3.05, 3.63) is 17.0 Å². The summed E-state index contributed by atoms with van der Waals surface area (Å²) >= 11 is 0. The van der Waals surface area contributed by atoms with Gasteiger partial charge in [0, 0.05) is 17.8 Å². The molecule has 1 aromatic rings. The molecule has 2 N–H and O–H groups in total. The number of rotatable bonds is 6. The van der Waals surface area contributed by atoms with Crippen LogP contribution in [0.15, 0.2) is 0 Å². The van der Waals surface area contributed by atoms with Crippen molar-refractivity contribution >= 4 is 5.91 Å². The molecular formula is C12H19N5O. The van der Waals surface area contributed by atoms with Gasteiger partial charge in [-0.05, 0) is 20.4 Å². The Morgan fingerprint density at radius 1 is 1.50 bits per heavy atom. The van der Waals surface area contributed by atoms with Crippen LogP contribution in [0.25, 0.3) is 0 Å². The van der Waals surface area contributed by atoms with Crippen LogP contribution in [-0.4, -0.2) is 28.8 Å². The number of amides is 1. The van der Waals surface area contributed by atoms with E-state index in [2.05, 4.69) is 15.7 Å². The van der Waals surface area contributed by atoms with E-state index in [0.717, 1.165) is 30.0 Å². The van der Waals surface area contributed by atoms with Crippen molar-refractivity contribution in [2.75, 3.05) is 13.1 Å². The van der Waals surface area contributed by atoms with Gasteiger partial charge in [0.1, 0.15) is 13.1 Å². The van der Waals surface area contributed by atoms with Crippen molar-refractivity contribution in [3.63, 3.8) is 0 Å². The minimum atomic E-state index is -0.197. The lowest BCUT2D eigenvalue weighted by molar-refractivity contribution is -0.121. The number of hydrogen-bond donors (Lipinski definition) is 2. The molecule has 0 saturated heterocycles. The third-order valence-electron chi connectivity index (χ3n) is 2.74. The van der Waals surface area contributed by atoms with Crippen LogP contribution in [0, 0.1) is 25.2 Å². The lowest BCUT2D eigenvalue weighted by Gasteiger charge is -2.05. The van der Waals surface area contributed by atoms with Crippen molar-refractivity contribution in [1.29, 1.82) is 5.26 Å². The number of hydrogen-bond acceptors (Lipinski definition) is 4. The predicted molar refractivity (Wildman–Crippen MR) is 67.7 cm³/mol. The fourth-order valence-electron chi connectivity index (χ4n) is 1.72. The minimum Gasteiger partial charge on any atom is -0.341 e. The van der Waals surface area contributed by atoms with Crippen molar-refractivity contribution in [3.8, 4) is 6.07 Å². The average Bonchev–Trinajstić information content (AvgIpc) is 2.60. The van der Waals surface area contributed by atoms with Crippen LogP contribution in [0.5, 0.6) is 0 Å². The molecule has 1 aromatic heterocycles. The van der Waals surface area contributed by atoms with Crippen LogP contribution in [0.2, 0.25) is 0 Å². The predicted octanol–water partition coefficient (Wildman–Crippen LogP) is 0.249. The molecule has 0 unspecified atom stereocenters. The summed E-state index contributed by atoms with van der Waals surface area (Å²) in [5.74, 6) is -0.197. The fraction of sp³-hybridized carbons (Fsp3) is 0.583. The van der Waals surface area contributed by atoms with E-state index in [0.29, 0.717) is 0 Å². The summed E-state index contributed by atoms with van der Waals surface area (Å²) in [4.78, 5) is 11.5. The Morgan fingerprint density at radius 2 is 2.22 bits per heavy atom. The zero-order valence-electron chi connectivity index (χ0n) is 11.1. The average molecular weight is 249 g/mol. The third-order valence-corrected chi connectivity index (χ3v) is 2.74. The van der Waals surface area contributed by atoms with Crippen LogP contribution in [0.3, 0.4) is 0 Å². The van der Waals surface area contributed by atoms with Crippen LogP contribution >= 0.6 is 0 Å². The van der Waals surface area contributed by atoms with Crippen molar-refractivity contribution in [1.82, 2.24) is 20.4 Å². The Balaban J connectivity index is 2.73.